The molecule has 7 heteroatoms. The number of hydrogen-bond donors (Lipinski definition) is 1. The van der Waals surface area contributed by atoms with Crippen molar-refractivity contribution in [3.8, 4) is 0 Å². The fourth-order valence-corrected chi connectivity index (χ4v) is 3.22. The van der Waals surface area contributed by atoms with Crippen LogP contribution in [0.1, 0.15) is 36.0 Å². The SMILES string of the molecule is CCCNc1nnc(C(=O)N2CCN(C3CC3)CC2)s1. The third kappa shape index (κ3) is 3.09. The van der Waals surface area contributed by atoms with Gasteiger partial charge >= 0.3 is 0 Å². The van der Waals surface area contributed by atoms with Gasteiger partial charge in [-0.15, -0.1) is 10.2 Å². The van der Waals surface area contributed by atoms with Crippen molar-refractivity contribution in [3.63, 3.8) is 0 Å². The molecule has 1 aliphatic heterocycles. The summed E-state index contributed by atoms with van der Waals surface area (Å²) in [6.07, 6.45) is 3.69. The lowest BCUT2D eigenvalue weighted by atomic mass is 10.3. The first kappa shape index (κ1) is 13.8. The number of nitrogens with zero attached hydrogens (tertiary/aromatic N) is 4. The Labute approximate surface area is 123 Å². The van der Waals surface area contributed by atoms with Gasteiger partial charge in [0.1, 0.15) is 0 Å². The Bertz CT molecular complexity index is 465. The largest absolute Gasteiger partial charge is 0.360 e. The molecule has 2 heterocycles. The number of rotatable bonds is 5. The number of aromatic nitrogens is 2. The lowest BCUT2D eigenvalue weighted by Gasteiger charge is -2.34. The third-order valence-corrected chi connectivity index (χ3v) is 4.67. The first-order chi connectivity index (χ1) is 9.78. The van der Waals surface area contributed by atoms with Crippen LogP contribution in [-0.4, -0.2) is 64.7 Å². The smallest absolute Gasteiger partial charge is 0.284 e. The zero-order valence-electron chi connectivity index (χ0n) is 11.8. The standard InChI is InChI=1S/C13H21N5OS/c1-2-5-14-13-16-15-11(20-13)12(19)18-8-6-17(7-9-18)10-3-4-10/h10H,2-9H2,1H3,(H,14,16). The zero-order valence-corrected chi connectivity index (χ0v) is 12.7. The van der Waals surface area contributed by atoms with E-state index in [0.29, 0.717) is 5.01 Å². The van der Waals surface area contributed by atoms with Crippen molar-refractivity contribution in [1.82, 2.24) is 20.0 Å². The average Bonchev–Trinajstić information content (AvgIpc) is 3.23. The predicted molar refractivity (Wildman–Crippen MR) is 79.2 cm³/mol. The highest BCUT2D eigenvalue weighted by atomic mass is 32.1. The minimum Gasteiger partial charge on any atom is -0.360 e. The lowest BCUT2D eigenvalue weighted by molar-refractivity contribution is 0.0626. The molecule has 1 saturated heterocycles. The number of hydrogen-bond acceptors (Lipinski definition) is 6. The van der Waals surface area contributed by atoms with E-state index in [1.165, 1.54) is 24.2 Å². The minimum absolute atomic E-state index is 0.0301. The maximum absolute atomic E-state index is 12.4. The van der Waals surface area contributed by atoms with Crippen molar-refractivity contribution >= 4 is 22.4 Å². The average molecular weight is 295 g/mol. The minimum atomic E-state index is 0.0301. The van der Waals surface area contributed by atoms with Crippen molar-refractivity contribution in [2.24, 2.45) is 0 Å². The highest BCUT2D eigenvalue weighted by Crippen LogP contribution is 2.27. The maximum atomic E-state index is 12.4. The van der Waals surface area contributed by atoms with Gasteiger partial charge in [0.05, 0.1) is 0 Å². The van der Waals surface area contributed by atoms with Crippen LogP contribution >= 0.6 is 11.3 Å². The molecule has 1 aromatic heterocycles. The molecule has 1 N–H and O–H groups in total. The van der Waals surface area contributed by atoms with E-state index in [1.54, 1.807) is 0 Å². The molecule has 2 aliphatic rings. The van der Waals surface area contributed by atoms with Crippen molar-refractivity contribution in [1.29, 1.82) is 0 Å². The van der Waals surface area contributed by atoms with Gasteiger partial charge in [0, 0.05) is 38.8 Å². The summed E-state index contributed by atoms with van der Waals surface area (Å²) in [7, 11) is 0. The number of carbonyl (C=O) groups is 1. The van der Waals surface area contributed by atoms with Crippen LogP contribution in [0.5, 0.6) is 0 Å². The molecular weight excluding hydrogens is 274 g/mol. The van der Waals surface area contributed by atoms with E-state index >= 15 is 0 Å². The highest BCUT2D eigenvalue weighted by molar-refractivity contribution is 7.17. The van der Waals surface area contributed by atoms with E-state index in [9.17, 15) is 4.79 Å². The summed E-state index contributed by atoms with van der Waals surface area (Å²) in [5.74, 6) is 0.0301. The van der Waals surface area contributed by atoms with Gasteiger partial charge in [-0.25, -0.2) is 0 Å². The molecule has 0 aromatic carbocycles. The quantitative estimate of drug-likeness (QED) is 0.886. The lowest BCUT2D eigenvalue weighted by Crippen LogP contribution is -2.49. The van der Waals surface area contributed by atoms with Crippen LogP contribution in [0.15, 0.2) is 0 Å². The van der Waals surface area contributed by atoms with Crippen LogP contribution in [0.25, 0.3) is 0 Å². The van der Waals surface area contributed by atoms with Crippen LogP contribution in [0.2, 0.25) is 0 Å². The molecule has 20 heavy (non-hydrogen) atoms. The van der Waals surface area contributed by atoms with Gasteiger partial charge in [0.2, 0.25) is 10.1 Å². The van der Waals surface area contributed by atoms with E-state index in [2.05, 4.69) is 27.3 Å². The molecule has 0 radical (unpaired) electrons. The summed E-state index contributed by atoms with van der Waals surface area (Å²) < 4.78 is 0. The van der Waals surface area contributed by atoms with E-state index in [4.69, 9.17) is 0 Å². The number of anilines is 1. The third-order valence-electron chi connectivity index (χ3n) is 3.80. The Balaban J connectivity index is 1.54. The summed E-state index contributed by atoms with van der Waals surface area (Å²) in [5, 5.41) is 12.4. The predicted octanol–water partition coefficient (Wildman–Crippen LogP) is 1.28. The van der Waals surface area contributed by atoms with Gasteiger partial charge in [0.15, 0.2) is 0 Å². The first-order valence-electron chi connectivity index (χ1n) is 7.38. The number of nitrogens with one attached hydrogen (secondary N) is 1. The molecule has 6 nitrogen and oxygen atoms in total. The molecule has 1 aromatic rings. The summed E-state index contributed by atoms with van der Waals surface area (Å²) in [4.78, 5) is 16.8. The highest BCUT2D eigenvalue weighted by Gasteiger charge is 2.33. The molecule has 0 atom stereocenters. The fourth-order valence-electron chi connectivity index (χ4n) is 2.48. The van der Waals surface area contributed by atoms with Crippen LogP contribution in [-0.2, 0) is 0 Å². The molecule has 0 unspecified atom stereocenters. The van der Waals surface area contributed by atoms with Gasteiger partial charge in [-0.05, 0) is 19.3 Å². The molecule has 110 valence electrons. The van der Waals surface area contributed by atoms with Crippen molar-refractivity contribution in [2.45, 2.75) is 32.2 Å². The summed E-state index contributed by atoms with van der Waals surface area (Å²) in [6, 6.07) is 0.790. The van der Waals surface area contributed by atoms with Crippen LogP contribution in [0.4, 0.5) is 5.13 Å². The second-order valence-electron chi connectivity index (χ2n) is 5.40. The Morgan fingerprint density at radius 1 is 1.30 bits per heavy atom. The normalized spacial score (nSPS) is 20.1. The monoisotopic (exact) mass is 295 g/mol. The topological polar surface area (TPSA) is 61.4 Å². The molecule has 0 bridgehead atoms. The number of amides is 1. The first-order valence-corrected chi connectivity index (χ1v) is 8.20. The molecule has 1 aliphatic carbocycles. The van der Waals surface area contributed by atoms with Gasteiger partial charge in [-0.1, -0.05) is 18.3 Å². The second-order valence-corrected chi connectivity index (χ2v) is 6.38. The Kier molecular flexibility index (Phi) is 4.16. The van der Waals surface area contributed by atoms with E-state index in [-0.39, 0.29) is 5.91 Å². The number of carbonyl (C=O) groups excluding carboxylic acids is 1. The summed E-state index contributed by atoms with van der Waals surface area (Å²) >= 11 is 1.36. The van der Waals surface area contributed by atoms with Gasteiger partial charge < -0.3 is 10.2 Å². The van der Waals surface area contributed by atoms with Crippen molar-refractivity contribution in [2.75, 3.05) is 38.0 Å². The molecule has 3 rings (SSSR count). The van der Waals surface area contributed by atoms with Gasteiger partial charge in [-0.2, -0.15) is 0 Å². The molecular formula is C13H21N5OS. The van der Waals surface area contributed by atoms with Crippen molar-refractivity contribution < 1.29 is 4.79 Å². The Morgan fingerprint density at radius 2 is 2.05 bits per heavy atom. The van der Waals surface area contributed by atoms with Crippen LogP contribution in [0.3, 0.4) is 0 Å². The Morgan fingerprint density at radius 3 is 2.70 bits per heavy atom. The number of piperazine rings is 1. The van der Waals surface area contributed by atoms with Gasteiger partial charge in [-0.3, -0.25) is 9.69 Å². The molecule has 1 saturated carbocycles. The molecule has 0 spiro atoms. The second kappa shape index (κ2) is 6.05. The van der Waals surface area contributed by atoms with Crippen LogP contribution < -0.4 is 5.32 Å². The van der Waals surface area contributed by atoms with Crippen molar-refractivity contribution in [3.05, 3.63) is 5.01 Å². The van der Waals surface area contributed by atoms with Crippen LogP contribution in [0, 0.1) is 0 Å². The zero-order chi connectivity index (χ0) is 13.9. The fraction of sp³-hybridized carbons (Fsp3) is 0.769. The summed E-state index contributed by atoms with van der Waals surface area (Å²) in [6.45, 7) is 6.58. The molecule has 1 amide bonds. The van der Waals surface area contributed by atoms with Gasteiger partial charge in [0.25, 0.3) is 5.91 Å². The van der Waals surface area contributed by atoms with E-state index < -0.39 is 0 Å². The Hall–Kier alpha value is -1.21. The molecule has 2 fully saturated rings. The summed E-state index contributed by atoms with van der Waals surface area (Å²) in [5.41, 5.74) is 0. The van der Waals surface area contributed by atoms with E-state index in [1.807, 2.05) is 4.90 Å². The van der Waals surface area contributed by atoms with E-state index in [0.717, 1.165) is 50.3 Å². The maximum Gasteiger partial charge on any atom is 0.284 e.